The van der Waals surface area contributed by atoms with Gasteiger partial charge >= 0.3 is 0 Å². The van der Waals surface area contributed by atoms with Crippen LogP contribution in [0, 0.1) is 0 Å². The van der Waals surface area contributed by atoms with E-state index < -0.39 is 6.04 Å². The van der Waals surface area contributed by atoms with Gasteiger partial charge in [0.1, 0.15) is 23.6 Å². The second-order valence-corrected chi connectivity index (χ2v) is 11.6. The number of aromatic hydroxyl groups is 1. The Hall–Kier alpha value is -4.12. The highest BCUT2D eigenvalue weighted by atomic mass is 79.9. The molecule has 210 valence electrons. The Morgan fingerprint density at radius 3 is 2.80 bits per heavy atom. The van der Waals surface area contributed by atoms with E-state index in [-0.39, 0.29) is 30.7 Å². The van der Waals surface area contributed by atoms with Crippen LogP contribution in [0.4, 0.5) is 0 Å². The lowest BCUT2D eigenvalue weighted by molar-refractivity contribution is -0.127. The lowest BCUT2D eigenvalue weighted by Crippen LogP contribution is -2.48. The topological polar surface area (TPSA) is 117 Å². The molecule has 2 aromatic carbocycles. The number of phenols is 1. The second-order valence-electron chi connectivity index (χ2n) is 10.8. The van der Waals surface area contributed by atoms with Gasteiger partial charge in [-0.2, -0.15) is 0 Å². The van der Waals surface area contributed by atoms with Gasteiger partial charge in [0.25, 0.3) is 5.91 Å². The second kappa shape index (κ2) is 10.1. The smallest absolute Gasteiger partial charge is 0.256 e. The van der Waals surface area contributed by atoms with Crippen molar-refractivity contribution >= 4 is 38.8 Å². The summed E-state index contributed by atoms with van der Waals surface area (Å²) in [7, 11) is 0. The first-order chi connectivity index (χ1) is 19.9. The number of ether oxygens (including phenoxy) is 1. The molecule has 2 amide bonds. The third-order valence-electron chi connectivity index (χ3n) is 8.59. The highest BCUT2D eigenvalue weighted by Gasteiger charge is 2.41. The largest absolute Gasteiger partial charge is 0.506 e. The van der Waals surface area contributed by atoms with Gasteiger partial charge in [0.05, 0.1) is 41.3 Å². The fraction of sp³-hybridized carbons (Fsp3) is 0.333. The Morgan fingerprint density at radius 2 is 2.05 bits per heavy atom. The summed E-state index contributed by atoms with van der Waals surface area (Å²) in [6, 6.07) is 8.90. The molecule has 2 N–H and O–H groups in total. The maximum absolute atomic E-state index is 14.2. The number of carbonyl (C=O) groups is 2. The minimum absolute atomic E-state index is 0.162. The molecular formula is C30H29BrN6O4. The van der Waals surface area contributed by atoms with Gasteiger partial charge in [-0.25, -0.2) is 9.67 Å². The molecule has 1 aliphatic carbocycles. The van der Waals surface area contributed by atoms with Gasteiger partial charge in [-0.3, -0.25) is 9.59 Å². The number of aromatic nitrogens is 4. The molecule has 41 heavy (non-hydrogen) atoms. The number of fused-ring (bicyclic) bond motifs is 1. The van der Waals surface area contributed by atoms with Crippen LogP contribution < -0.4 is 4.74 Å². The maximum Gasteiger partial charge on any atom is 0.256 e. The van der Waals surface area contributed by atoms with E-state index in [0.29, 0.717) is 48.1 Å². The number of nitrogens with one attached hydrogen (secondary N) is 1. The number of carbonyl (C=O) groups excluding carboxylic acids is 2. The van der Waals surface area contributed by atoms with Gasteiger partial charge < -0.3 is 24.6 Å². The molecule has 2 aliphatic heterocycles. The number of phenolic OH excluding ortho intramolecular Hbond substituents is 1. The Bertz CT molecular complexity index is 1710. The van der Waals surface area contributed by atoms with E-state index in [2.05, 4.69) is 38.5 Å². The zero-order chi connectivity index (χ0) is 28.2. The van der Waals surface area contributed by atoms with Crippen LogP contribution in [0.2, 0.25) is 0 Å². The minimum Gasteiger partial charge on any atom is -0.506 e. The van der Waals surface area contributed by atoms with Crippen LogP contribution in [0.15, 0.2) is 53.8 Å². The lowest BCUT2D eigenvalue weighted by atomic mass is 9.80. The molecule has 4 aromatic rings. The molecule has 1 atom stereocenters. The van der Waals surface area contributed by atoms with Crippen LogP contribution in [0.1, 0.15) is 58.4 Å². The molecule has 10 nitrogen and oxygen atoms in total. The van der Waals surface area contributed by atoms with E-state index in [1.807, 2.05) is 18.2 Å². The Kier molecular flexibility index (Phi) is 6.33. The van der Waals surface area contributed by atoms with Crippen LogP contribution in [0.5, 0.6) is 11.6 Å². The van der Waals surface area contributed by atoms with Gasteiger partial charge in [-0.1, -0.05) is 19.1 Å². The van der Waals surface area contributed by atoms with Crippen molar-refractivity contribution in [3.8, 4) is 17.3 Å². The van der Waals surface area contributed by atoms with Crippen molar-refractivity contribution in [3.05, 3.63) is 76.2 Å². The molecule has 7 rings (SSSR count). The predicted octanol–water partition coefficient (Wildman–Crippen LogP) is 4.63. The Morgan fingerprint density at radius 1 is 1.20 bits per heavy atom. The SMILES string of the molecule is C=CC(=O)N1CCOc2nn(-c3ccc(C4CCC4)cc3O)c3c2[C@H](C1)N(C(=O)c1ccc(Br)c2[nH]cnc12)CC3. The molecule has 11 heteroatoms. The number of nitrogens with zero attached hydrogens (tertiary/aromatic N) is 5. The molecule has 2 aromatic heterocycles. The van der Waals surface area contributed by atoms with E-state index in [9.17, 15) is 14.7 Å². The van der Waals surface area contributed by atoms with Gasteiger partial charge in [-0.15, -0.1) is 5.10 Å². The summed E-state index contributed by atoms with van der Waals surface area (Å²) in [5, 5.41) is 15.9. The van der Waals surface area contributed by atoms with E-state index in [1.54, 1.807) is 26.9 Å². The van der Waals surface area contributed by atoms with Gasteiger partial charge in [0, 0.05) is 24.0 Å². The van der Waals surface area contributed by atoms with Crippen molar-refractivity contribution in [2.45, 2.75) is 37.6 Å². The molecule has 0 unspecified atom stereocenters. The molecule has 0 radical (unpaired) electrons. The highest BCUT2D eigenvalue weighted by molar-refractivity contribution is 9.10. The minimum atomic E-state index is -0.520. The molecule has 4 heterocycles. The molecule has 0 spiro atoms. The summed E-state index contributed by atoms with van der Waals surface area (Å²) < 4.78 is 8.70. The fourth-order valence-electron chi connectivity index (χ4n) is 6.22. The fourth-order valence-corrected chi connectivity index (χ4v) is 6.65. The standard InChI is InChI=1S/C30H29BrN6O4/c1-2-25(39)35-12-13-41-29-26-22(37(34-29)21-9-6-18(14-24(21)38)17-4-3-5-17)10-11-36(23(26)15-35)30(40)19-7-8-20(31)28-27(19)32-16-33-28/h2,6-9,14,16-17,23,38H,1,3-5,10-13,15H2,(H,32,33)/t23-/m0/s1. The number of hydrogen-bond donors (Lipinski definition) is 2. The average molecular weight is 618 g/mol. The first-order valence-corrected chi connectivity index (χ1v) is 14.7. The van der Waals surface area contributed by atoms with Crippen molar-refractivity contribution in [1.29, 1.82) is 0 Å². The van der Waals surface area contributed by atoms with Crippen molar-refractivity contribution < 1.29 is 19.4 Å². The highest BCUT2D eigenvalue weighted by Crippen LogP contribution is 2.43. The third-order valence-corrected chi connectivity index (χ3v) is 9.25. The van der Waals surface area contributed by atoms with E-state index in [0.717, 1.165) is 39.7 Å². The molecule has 3 aliphatic rings. The number of imidazole rings is 1. The van der Waals surface area contributed by atoms with Crippen LogP contribution in [-0.2, 0) is 11.2 Å². The summed E-state index contributed by atoms with van der Waals surface area (Å²) in [4.78, 5) is 37.9. The van der Waals surface area contributed by atoms with Crippen molar-refractivity contribution in [2.24, 2.45) is 0 Å². The normalized spacial score (nSPS) is 18.7. The summed E-state index contributed by atoms with van der Waals surface area (Å²) in [5.41, 5.74) is 5.10. The number of aromatic amines is 1. The molecule has 0 saturated heterocycles. The molecular weight excluding hydrogens is 588 g/mol. The zero-order valence-electron chi connectivity index (χ0n) is 22.3. The zero-order valence-corrected chi connectivity index (χ0v) is 23.9. The van der Waals surface area contributed by atoms with Gasteiger partial charge in [0.15, 0.2) is 0 Å². The van der Waals surface area contributed by atoms with E-state index >= 15 is 0 Å². The summed E-state index contributed by atoms with van der Waals surface area (Å²) in [6.07, 6.45) is 6.84. The Labute approximate surface area is 244 Å². The van der Waals surface area contributed by atoms with E-state index in [4.69, 9.17) is 9.84 Å². The van der Waals surface area contributed by atoms with Crippen molar-refractivity contribution in [3.63, 3.8) is 0 Å². The molecule has 1 saturated carbocycles. The number of halogens is 1. The van der Waals surface area contributed by atoms with Gasteiger partial charge in [-0.05, 0) is 70.6 Å². The van der Waals surface area contributed by atoms with Crippen LogP contribution >= 0.6 is 15.9 Å². The first kappa shape index (κ1) is 25.8. The number of hydrogen-bond acceptors (Lipinski definition) is 6. The Balaban J connectivity index is 1.33. The third kappa shape index (κ3) is 4.21. The summed E-state index contributed by atoms with van der Waals surface area (Å²) in [5.74, 6) is 0.646. The number of rotatable bonds is 4. The number of amides is 2. The molecule has 0 bridgehead atoms. The van der Waals surface area contributed by atoms with Gasteiger partial charge in [0.2, 0.25) is 11.8 Å². The monoisotopic (exact) mass is 616 g/mol. The van der Waals surface area contributed by atoms with Crippen molar-refractivity contribution in [1.82, 2.24) is 29.5 Å². The van der Waals surface area contributed by atoms with Crippen molar-refractivity contribution in [2.75, 3.05) is 26.2 Å². The van der Waals surface area contributed by atoms with E-state index in [1.165, 1.54) is 12.5 Å². The quantitative estimate of drug-likeness (QED) is 0.323. The average Bonchev–Trinajstić information content (AvgIpc) is 3.56. The summed E-state index contributed by atoms with van der Waals surface area (Å²) >= 11 is 3.52. The molecule has 1 fully saturated rings. The maximum atomic E-state index is 14.2. The summed E-state index contributed by atoms with van der Waals surface area (Å²) in [6.45, 7) is 4.89. The van der Waals surface area contributed by atoms with Crippen LogP contribution in [0.3, 0.4) is 0 Å². The van der Waals surface area contributed by atoms with Crippen LogP contribution in [0.25, 0.3) is 16.7 Å². The first-order valence-electron chi connectivity index (χ1n) is 13.9. The number of benzene rings is 2. The predicted molar refractivity (Wildman–Crippen MR) is 155 cm³/mol. The lowest BCUT2D eigenvalue weighted by Gasteiger charge is -2.40. The number of H-pyrrole nitrogens is 1. The van der Waals surface area contributed by atoms with Crippen LogP contribution in [-0.4, -0.2) is 72.7 Å².